The summed E-state index contributed by atoms with van der Waals surface area (Å²) in [5.41, 5.74) is 0.945. The summed E-state index contributed by atoms with van der Waals surface area (Å²) >= 11 is 0. The van der Waals surface area contributed by atoms with E-state index < -0.39 is 0 Å². The molecule has 0 spiro atoms. The van der Waals surface area contributed by atoms with Crippen molar-refractivity contribution in [2.75, 3.05) is 48.6 Å². The average Bonchev–Trinajstić information content (AvgIpc) is 2.87. The Hall–Kier alpha value is -3.62. The molecule has 1 saturated heterocycles. The molecular formula is C24H30N2O7. The Morgan fingerprint density at radius 1 is 0.758 bits per heavy atom. The molecule has 3 rings (SSSR count). The van der Waals surface area contributed by atoms with Crippen molar-refractivity contribution in [1.29, 1.82) is 0 Å². The Bertz CT molecular complexity index is 975. The van der Waals surface area contributed by atoms with Gasteiger partial charge in [-0.25, -0.2) is 0 Å². The first-order chi connectivity index (χ1) is 15.9. The molecule has 0 unspecified atom stereocenters. The van der Waals surface area contributed by atoms with Crippen molar-refractivity contribution in [2.45, 2.75) is 18.9 Å². The third-order valence-corrected chi connectivity index (χ3v) is 5.67. The second kappa shape index (κ2) is 10.8. The number of carbonyl (C=O) groups is 2. The molecule has 2 amide bonds. The second-order valence-corrected chi connectivity index (χ2v) is 7.52. The first kappa shape index (κ1) is 24.0. The fourth-order valence-corrected chi connectivity index (χ4v) is 3.86. The van der Waals surface area contributed by atoms with Crippen LogP contribution in [0.15, 0.2) is 30.3 Å². The molecule has 0 saturated carbocycles. The molecule has 1 aliphatic rings. The summed E-state index contributed by atoms with van der Waals surface area (Å²) in [4.78, 5) is 27.6. The second-order valence-electron chi connectivity index (χ2n) is 7.52. The number of piperidine rings is 1. The van der Waals surface area contributed by atoms with Crippen molar-refractivity contribution in [2.24, 2.45) is 0 Å². The van der Waals surface area contributed by atoms with E-state index in [0.29, 0.717) is 65.8 Å². The van der Waals surface area contributed by atoms with Crippen LogP contribution in [-0.2, 0) is 0 Å². The maximum absolute atomic E-state index is 12.9. The summed E-state index contributed by atoms with van der Waals surface area (Å²) in [5.74, 6) is 2.02. The number of benzene rings is 2. The lowest BCUT2D eigenvalue weighted by Gasteiger charge is -2.32. The monoisotopic (exact) mass is 458 g/mol. The van der Waals surface area contributed by atoms with Crippen molar-refractivity contribution < 1.29 is 33.3 Å². The lowest BCUT2D eigenvalue weighted by molar-refractivity contribution is 0.0697. The number of carbonyl (C=O) groups excluding carboxylic acids is 2. The summed E-state index contributed by atoms with van der Waals surface area (Å²) in [6.07, 6.45) is 1.30. The summed E-state index contributed by atoms with van der Waals surface area (Å²) in [6, 6.07) is 8.31. The molecule has 9 nitrogen and oxygen atoms in total. The molecule has 1 fully saturated rings. The normalized spacial score (nSPS) is 13.8. The van der Waals surface area contributed by atoms with Crippen LogP contribution in [0.3, 0.4) is 0 Å². The van der Waals surface area contributed by atoms with Crippen LogP contribution in [0, 0.1) is 0 Å². The van der Waals surface area contributed by atoms with Gasteiger partial charge in [0.05, 0.1) is 35.5 Å². The van der Waals surface area contributed by atoms with E-state index in [2.05, 4.69) is 5.32 Å². The first-order valence-corrected chi connectivity index (χ1v) is 10.6. The van der Waals surface area contributed by atoms with Crippen LogP contribution >= 0.6 is 0 Å². The molecule has 0 bridgehead atoms. The Morgan fingerprint density at radius 2 is 1.30 bits per heavy atom. The molecule has 0 aromatic heterocycles. The minimum absolute atomic E-state index is 0.0500. The molecule has 1 aliphatic heterocycles. The molecule has 0 aliphatic carbocycles. The number of ether oxygens (including phenoxy) is 5. The van der Waals surface area contributed by atoms with Crippen LogP contribution in [0.1, 0.15) is 33.6 Å². The van der Waals surface area contributed by atoms with Crippen LogP contribution in [0.2, 0.25) is 0 Å². The number of rotatable bonds is 8. The minimum Gasteiger partial charge on any atom is -0.493 e. The van der Waals surface area contributed by atoms with E-state index in [1.807, 2.05) is 0 Å². The van der Waals surface area contributed by atoms with Crippen molar-refractivity contribution in [3.05, 3.63) is 41.5 Å². The topological polar surface area (TPSA) is 95.6 Å². The van der Waals surface area contributed by atoms with Crippen LogP contribution in [0.5, 0.6) is 28.7 Å². The Kier molecular flexibility index (Phi) is 7.87. The third kappa shape index (κ3) is 5.24. The van der Waals surface area contributed by atoms with Crippen LogP contribution in [0.4, 0.5) is 0 Å². The van der Waals surface area contributed by atoms with E-state index in [-0.39, 0.29) is 17.9 Å². The summed E-state index contributed by atoms with van der Waals surface area (Å²) in [5, 5.41) is 3.04. The van der Waals surface area contributed by atoms with Crippen molar-refractivity contribution in [3.8, 4) is 28.7 Å². The van der Waals surface area contributed by atoms with E-state index in [0.717, 1.165) is 0 Å². The number of nitrogens with zero attached hydrogens (tertiary/aromatic N) is 1. The van der Waals surface area contributed by atoms with Gasteiger partial charge in [0, 0.05) is 30.3 Å². The van der Waals surface area contributed by atoms with E-state index in [1.54, 1.807) is 42.3 Å². The summed E-state index contributed by atoms with van der Waals surface area (Å²) in [7, 11) is 7.61. The number of methoxy groups -OCH3 is 5. The highest BCUT2D eigenvalue weighted by Gasteiger charge is 2.26. The third-order valence-electron chi connectivity index (χ3n) is 5.67. The van der Waals surface area contributed by atoms with Gasteiger partial charge in [-0.2, -0.15) is 0 Å². The molecule has 0 atom stereocenters. The average molecular weight is 459 g/mol. The Labute approximate surface area is 193 Å². The SMILES string of the molecule is COc1ccc(C(=O)N2CCC(NC(=O)c3cc(OC)c(OC)c(OC)c3)CC2)cc1OC. The number of likely N-dealkylation sites (tertiary alicyclic amines) is 1. The van der Waals surface area contributed by atoms with Gasteiger partial charge in [-0.3, -0.25) is 9.59 Å². The smallest absolute Gasteiger partial charge is 0.253 e. The van der Waals surface area contributed by atoms with E-state index >= 15 is 0 Å². The molecule has 33 heavy (non-hydrogen) atoms. The van der Waals surface area contributed by atoms with Gasteiger partial charge in [0.25, 0.3) is 11.8 Å². The molecule has 2 aromatic carbocycles. The largest absolute Gasteiger partial charge is 0.493 e. The minimum atomic E-state index is -0.237. The lowest BCUT2D eigenvalue weighted by Crippen LogP contribution is -2.46. The molecule has 178 valence electrons. The summed E-state index contributed by atoms with van der Waals surface area (Å²) in [6.45, 7) is 1.07. The van der Waals surface area contributed by atoms with Crippen LogP contribution in [0.25, 0.3) is 0 Å². The highest BCUT2D eigenvalue weighted by Crippen LogP contribution is 2.38. The quantitative estimate of drug-likeness (QED) is 0.650. The predicted molar refractivity (Wildman–Crippen MR) is 122 cm³/mol. The highest BCUT2D eigenvalue weighted by molar-refractivity contribution is 5.96. The van der Waals surface area contributed by atoms with Gasteiger partial charge >= 0.3 is 0 Å². The number of amides is 2. The zero-order chi connectivity index (χ0) is 24.0. The molecule has 2 aromatic rings. The molecule has 9 heteroatoms. The fraction of sp³-hybridized carbons (Fsp3) is 0.417. The van der Waals surface area contributed by atoms with Gasteiger partial charge in [-0.1, -0.05) is 0 Å². The number of hydrogen-bond acceptors (Lipinski definition) is 7. The van der Waals surface area contributed by atoms with Crippen LogP contribution < -0.4 is 29.0 Å². The van der Waals surface area contributed by atoms with Crippen molar-refractivity contribution >= 4 is 11.8 Å². The number of nitrogens with one attached hydrogen (secondary N) is 1. The van der Waals surface area contributed by atoms with E-state index in [9.17, 15) is 9.59 Å². The predicted octanol–water partition coefficient (Wildman–Crippen LogP) is 2.76. The Balaban J connectivity index is 1.62. The van der Waals surface area contributed by atoms with E-state index in [4.69, 9.17) is 23.7 Å². The standard InChI is InChI=1S/C24H30N2O7/c1-29-18-7-6-15(12-19(18)30-2)24(28)26-10-8-17(9-11-26)25-23(27)16-13-20(31-3)22(33-5)21(14-16)32-4/h6-7,12-14,17H,8-11H2,1-5H3,(H,25,27). The van der Waals surface area contributed by atoms with E-state index in [1.165, 1.54) is 28.4 Å². The maximum atomic E-state index is 12.9. The maximum Gasteiger partial charge on any atom is 0.253 e. The number of hydrogen-bond donors (Lipinski definition) is 1. The molecule has 1 heterocycles. The van der Waals surface area contributed by atoms with Crippen LogP contribution in [-0.4, -0.2) is 71.4 Å². The van der Waals surface area contributed by atoms with Gasteiger partial charge in [0.2, 0.25) is 5.75 Å². The van der Waals surface area contributed by atoms with Gasteiger partial charge in [-0.15, -0.1) is 0 Å². The van der Waals surface area contributed by atoms with Crippen molar-refractivity contribution in [3.63, 3.8) is 0 Å². The first-order valence-electron chi connectivity index (χ1n) is 10.6. The molecular weight excluding hydrogens is 428 g/mol. The molecule has 1 N–H and O–H groups in total. The fourth-order valence-electron chi connectivity index (χ4n) is 3.86. The van der Waals surface area contributed by atoms with Gasteiger partial charge < -0.3 is 33.9 Å². The zero-order valence-electron chi connectivity index (χ0n) is 19.6. The highest BCUT2D eigenvalue weighted by atomic mass is 16.5. The van der Waals surface area contributed by atoms with Crippen molar-refractivity contribution in [1.82, 2.24) is 10.2 Å². The van der Waals surface area contributed by atoms with Gasteiger partial charge in [0.1, 0.15) is 0 Å². The van der Waals surface area contributed by atoms with Gasteiger partial charge in [0.15, 0.2) is 23.0 Å². The molecule has 0 radical (unpaired) electrons. The lowest BCUT2D eigenvalue weighted by atomic mass is 10.0. The summed E-state index contributed by atoms with van der Waals surface area (Å²) < 4.78 is 26.5. The van der Waals surface area contributed by atoms with Gasteiger partial charge in [-0.05, 0) is 43.2 Å². The Morgan fingerprint density at radius 3 is 1.82 bits per heavy atom. The zero-order valence-corrected chi connectivity index (χ0v) is 19.6.